The minimum absolute atomic E-state index is 0.225. The van der Waals surface area contributed by atoms with Crippen molar-refractivity contribution in [2.24, 2.45) is 5.41 Å². The summed E-state index contributed by atoms with van der Waals surface area (Å²) in [4.78, 5) is 19.6. The van der Waals surface area contributed by atoms with E-state index in [1.807, 2.05) is 13.0 Å². The van der Waals surface area contributed by atoms with Gasteiger partial charge in [-0.15, -0.1) is 11.3 Å². The molecule has 2 aromatic rings. The van der Waals surface area contributed by atoms with Crippen LogP contribution >= 0.6 is 11.3 Å². The topological polar surface area (TPSA) is 45.2 Å². The standard InChI is InChI=1S/C18H21N3OS/c1-13-20-15(11-23-13)9-21-10-16(14-5-3-2-4-6-14)18(12-21)7-8-19-17(18)22/h2-6,11,16H,7-10,12H2,1H3,(H,19,22)/t16-,18+/m0/s1. The Morgan fingerprint density at radius 3 is 2.87 bits per heavy atom. The fourth-order valence-corrected chi connectivity index (χ4v) is 4.72. The van der Waals surface area contributed by atoms with Crippen LogP contribution in [0.1, 0.15) is 28.6 Å². The molecule has 4 rings (SSSR count). The highest BCUT2D eigenvalue weighted by Crippen LogP contribution is 2.47. The second-order valence-corrected chi connectivity index (χ2v) is 7.72. The zero-order valence-electron chi connectivity index (χ0n) is 13.3. The van der Waals surface area contributed by atoms with E-state index in [0.29, 0.717) is 0 Å². The molecule has 0 bridgehead atoms. The molecule has 1 spiro atoms. The summed E-state index contributed by atoms with van der Waals surface area (Å²) in [5, 5.41) is 6.30. The quantitative estimate of drug-likeness (QED) is 0.942. The Kier molecular flexibility index (Phi) is 3.70. The molecule has 2 aliphatic heterocycles. The second kappa shape index (κ2) is 5.73. The molecule has 5 heteroatoms. The lowest BCUT2D eigenvalue weighted by atomic mass is 9.73. The Balaban J connectivity index is 1.62. The van der Waals surface area contributed by atoms with Gasteiger partial charge in [-0.1, -0.05) is 30.3 Å². The van der Waals surface area contributed by atoms with Gasteiger partial charge in [0.05, 0.1) is 16.1 Å². The number of rotatable bonds is 3. The lowest BCUT2D eigenvalue weighted by Crippen LogP contribution is -2.37. The predicted octanol–water partition coefficient (Wildman–Crippen LogP) is 2.56. The molecule has 2 aliphatic rings. The highest BCUT2D eigenvalue weighted by Gasteiger charge is 2.54. The predicted molar refractivity (Wildman–Crippen MR) is 91.4 cm³/mol. The molecule has 1 aromatic carbocycles. The molecule has 4 nitrogen and oxygen atoms in total. The van der Waals surface area contributed by atoms with Crippen LogP contribution in [0.2, 0.25) is 0 Å². The Morgan fingerprint density at radius 2 is 2.22 bits per heavy atom. The smallest absolute Gasteiger partial charge is 0.228 e. The van der Waals surface area contributed by atoms with Gasteiger partial charge in [0.1, 0.15) is 0 Å². The molecule has 120 valence electrons. The maximum Gasteiger partial charge on any atom is 0.228 e. The maximum absolute atomic E-state index is 12.6. The normalized spacial score (nSPS) is 27.7. The zero-order chi connectivity index (χ0) is 15.9. The molecular formula is C18H21N3OS. The Morgan fingerprint density at radius 1 is 1.39 bits per heavy atom. The van der Waals surface area contributed by atoms with Crippen LogP contribution in [0.5, 0.6) is 0 Å². The Bertz CT molecular complexity index is 714. The number of thiazole rings is 1. The summed E-state index contributed by atoms with van der Waals surface area (Å²) in [5.41, 5.74) is 2.13. The Labute approximate surface area is 140 Å². The monoisotopic (exact) mass is 327 g/mol. The van der Waals surface area contributed by atoms with Gasteiger partial charge in [0.25, 0.3) is 0 Å². The summed E-state index contributed by atoms with van der Waals surface area (Å²) in [6, 6.07) is 10.5. The first-order valence-corrected chi connectivity index (χ1v) is 9.02. The fraction of sp³-hybridized carbons (Fsp3) is 0.444. The van der Waals surface area contributed by atoms with Gasteiger partial charge in [-0.25, -0.2) is 4.98 Å². The van der Waals surface area contributed by atoms with Crippen molar-refractivity contribution in [3.05, 3.63) is 52.0 Å². The van der Waals surface area contributed by atoms with Crippen LogP contribution in [-0.4, -0.2) is 35.4 Å². The van der Waals surface area contributed by atoms with Crippen molar-refractivity contribution >= 4 is 17.2 Å². The van der Waals surface area contributed by atoms with E-state index in [1.54, 1.807) is 11.3 Å². The highest BCUT2D eigenvalue weighted by atomic mass is 32.1. The number of amides is 1. The van der Waals surface area contributed by atoms with Crippen LogP contribution in [0.25, 0.3) is 0 Å². The van der Waals surface area contributed by atoms with Crippen molar-refractivity contribution in [1.82, 2.24) is 15.2 Å². The molecule has 2 fully saturated rings. The average molecular weight is 327 g/mol. The Hall–Kier alpha value is -1.72. The molecule has 23 heavy (non-hydrogen) atoms. The molecule has 1 amide bonds. The molecular weight excluding hydrogens is 306 g/mol. The van der Waals surface area contributed by atoms with Crippen LogP contribution < -0.4 is 5.32 Å². The molecule has 0 saturated carbocycles. The van der Waals surface area contributed by atoms with Gasteiger partial charge < -0.3 is 5.32 Å². The van der Waals surface area contributed by atoms with E-state index in [-0.39, 0.29) is 17.2 Å². The van der Waals surface area contributed by atoms with E-state index in [4.69, 9.17) is 0 Å². The first-order chi connectivity index (χ1) is 11.2. The third-order valence-electron chi connectivity index (χ3n) is 5.18. The van der Waals surface area contributed by atoms with E-state index in [0.717, 1.165) is 43.3 Å². The largest absolute Gasteiger partial charge is 0.356 e. The number of carbonyl (C=O) groups is 1. The van der Waals surface area contributed by atoms with Crippen molar-refractivity contribution in [3.8, 4) is 0 Å². The number of carbonyl (C=O) groups excluding carboxylic acids is 1. The van der Waals surface area contributed by atoms with Gasteiger partial charge in [-0.2, -0.15) is 0 Å². The third-order valence-corrected chi connectivity index (χ3v) is 6.00. The summed E-state index contributed by atoms with van der Waals surface area (Å²) in [7, 11) is 0. The first-order valence-electron chi connectivity index (χ1n) is 8.14. The molecule has 0 radical (unpaired) electrons. The van der Waals surface area contributed by atoms with Crippen LogP contribution in [-0.2, 0) is 11.3 Å². The van der Waals surface area contributed by atoms with Crippen LogP contribution in [0.3, 0.4) is 0 Å². The van der Waals surface area contributed by atoms with Gasteiger partial charge >= 0.3 is 0 Å². The number of likely N-dealkylation sites (tertiary alicyclic amines) is 1. The molecule has 2 saturated heterocycles. The lowest BCUT2D eigenvalue weighted by Gasteiger charge is -2.27. The highest BCUT2D eigenvalue weighted by molar-refractivity contribution is 7.09. The number of aryl methyl sites for hydroxylation is 1. The van der Waals surface area contributed by atoms with E-state index in [9.17, 15) is 4.79 Å². The molecule has 2 atom stereocenters. The van der Waals surface area contributed by atoms with Crippen molar-refractivity contribution in [3.63, 3.8) is 0 Å². The minimum atomic E-state index is -0.271. The van der Waals surface area contributed by atoms with Gasteiger partial charge in [0.15, 0.2) is 0 Å². The molecule has 3 heterocycles. The SMILES string of the molecule is Cc1nc(CN2C[C@@H](c3ccccc3)[C@@]3(CCNC3=O)C2)cs1. The summed E-state index contributed by atoms with van der Waals surface area (Å²) in [6.07, 6.45) is 0.929. The number of benzene rings is 1. The summed E-state index contributed by atoms with van der Waals surface area (Å²) in [5.74, 6) is 0.495. The number of hydrogen-bond donors (Lipinski definition) is 1. The number of aromatic nitrogens is 1. The van der Waals surface area contributed by atoms with Crippen LogP contribution in [0.15, 0.2) is 35.7 Å². The minimum Gasteiger partial charge on any atom is -0.356 e. The summed E-state index contributed by atoms with van der Waals surface area (Å²) >= 11 is 1.69. The van der Waals surface area contributed by atoms with Crippen molar-refractivity contribution < 1.29 is 4.79 Å². The summed E-state index contributed by atoms with van der Waals surface area (Å²) < 4.78 is 0. The van der Waals surface area contributed by atoms with Crippen molar-refractivity contribution in [2.45, 2.75) is 25.8 Å². The molecule has 0 aliphatic carbocycles. The number of hydrogen-bond acceptors (Lipinski definition) is 4. The second-order valence-electron chi connectivity index (χ2n) is 6.65. The first kappa shape index (κ1) is 14.8. The molecule has 1 aromatic heterocycles. The number of nitrogens with zero attached hydrogens (tertiary/aromatic N) is 2. The van der Waals surface area contributed by atoms with Gasteiger partial charge in [-0.05, 0) is 18.9 Å². The van der Waals surface area contributed by atoms with Crippen molar-refractivity contribution in [2.75, 3.05) is 19.6 Å². The average Bonchev–Trinajstić information content (AvgIpc) is 3.23. The van der Waals surface area contributed by atoms with Gasteiger partial charge in [-0.3, -0.25) is 9.69 Å². The van der Waals surface area contributed by atoms with Crippen LogP contribution in [0.4, 0.5) is 0 Å². The van der Waals surface area contributed by atoms with Crippen LogP contribution in [0, 0.1) is 12.3 Å². The summed E-state index contributed by atoms with van der Waals surface area (Å²) in [6.45, 7) is 5.42. The van der Waals surface area contributed by atoms with E-state index < -0.39 is 0 Å². The van der Waals surface area contributed by atoms with Crippen molar-refractivity contribution in [1.29, 1.82) is 0 Å². The fourth-order valence-electron chi connectivity index (χ4n) is 4.12. The van der Waals surface area contributed by atoms with E-state index >= 15 is 0 Å². The molecule has 1 N–H and O–H groups in total. The molecule has 0 unspecified atom stereocenters. The maximum atomic E-state index is 12.6. The number of nitrogens with one attached hydrogen (secondary N) is 1. The van der Waals surface area contributed by atoms with Gasteiger partial charge in [0, 0.05) is 37.5 Å². The van der Waals surface area contributed by atoms with Gasteiger partial charge in [0.2, 0.25) is 5.91 Å². The zero-order valence-corrected chi connectivity index (χ0v) is 14.1. The van der Waals surface area contributed by atoms with E-state index in [2.05, 4.69) is 44.8 Å². The lowest BCUT2D eigenvalue weighted by molar-refractivity contribution is -0.127. The third kappa shape index (κ3) is 2.58. The van der Waals surface area contributed by atoms with E-state index in [1.165, 1.54) is 5.56 Å².